The Labute approximate surface area is 188 Å². The molecule has 0 spiro atoms. The molecule has 0 atom stereocenters. The number of benzene rings is 3. The van der Waals surface area contributed by atoms with Crippen LogP contribution >= 0.6 is 31.9 Å². The Morgan fingerprint density at radius 2 is 1.37 bits per heavy atom. The number of hydrogen-bond acceptors (Lipinski definition) is 1. The normalized spacial score (nSPS) is 11.6. The maximum Gasteiger partial charge on any atom is 0.416 e. The van der Waals surface area contributed by atoms with E-state index >= 15 is 0 Å². The number of rotatable bonds is 4. The number of halogens is 5. The number of alkyl halides is 3. The first-order valence-corrected chi connectivity index (χ1v) is 10.6. The van der Waals surface area contributed by atoms with E-state index in [0.717, 1.165) is 37.5 Å². The molecule has 1 heterocycles. The Kier molecular flexibility index (Phi) is 5.84. The molecule has 3 aromatic carbocycles. The van der Waals surface area contributed by atoms with E-state index < -0.39 is 11.7 Å². The largest absolute Gasteiger partial charge is 0.416 e. The molecule has 0 fully saturated rings. The molecule has 152 valence electrons. The fraction of sp³-hybridized carbons (Fsp3) is 0.0870. The van der Waals surface area contributed by atoms with Gasteiger partial charge in [-0.2, -0.15) is 18.3 Å². The van der Waals surface area contributed by atoms with Gasteiger partial charge in [-0.25, -0.2) is 0 Å². The van der Waals surface area contributed by atoms with Crippen LogP contribution in [-0.4, -0.2) is 9.78 Å². The summed E-state index contributed by atoms with van der Waals surface area (Å²) in [5.74, 6) is 0. The summed E-state index contributed by atoms with van der Waals surface area (Å²) in [6.07, 6.45) is -4.38. The van der Waals surface area contributed by atoms with Crippen LogP contribution < -0.4 is 0 Å². The lowest BCUT2D eigenvalue weighted by Crippen LogP contribution is -2.08. The van der Waals surface area contributed by atoms with E-state index in [2.05, 4.69) is 31.9 Å². The van der Waals surface area contributed by atoms with Crippen molar-refractivity contribution in [1.82, 2.24) is 9.78 Å². The molecule has 0 aliphatic rings. The zero-order valence-corrected chi connectivity index (χ0v) is 18.7. The molecule has 1 aromatic heterocycles. The SMILES string of the molecule is FC(F)(F)c1cccc(Cn2nc(-c3ccc(Br)cc3)cc2-c2ccc(Br)cc2)c1. The van der Waals surface area contributed by atoms with Crippen LogP contribution in [0.3, 0.4) is 0 Å². The van der Waals surface area contributed by atoms with Gasteiger partial charge in [0.2, 0.25) is 0 Å². The first kappa shape index (κ1) is 20.9. The fourth-order valence-electron chi connectivity index (χ4n) is 3.17. The standard InChI is InChI=1S/C23H15Br2F3N2/c24-19-8-4-16(5-9-19)21-13-22(17-6-10-20(25)11-7-17)30(29-21)14-15-2-1-3-18(12-15)23(26,27)28/h1-13H,14H2. The molecule has 0 aliphatic heterocycles. The summed E-state index contributed by atoms with van der Waals surface area (Å²) >= 11 is 6.86. The van der Waals surface area contributed by atoms with E-state index in [4.69, 9.17) is 5.10 Å². The maximum atomic E-state index is 13.1. The van der Waals surface area contributed by atoms with E-state index in [-0.39, 0.29) is 6.54 Å². The van der Waals surface area contributed by atoms with Crippen molar-refractivity contribution in [3.8, 4) is 22.5 Å². The average Bonchev–Trinajstić information content (AvgIpc) is 3.12. The van der Waals surface area contributed by atoms with Crippen molar-refractivity contribution in [3.05, 3.63) is 98.9 Å². The van der Waals surface area contributed by atoms with Crippen LogP contribution in [-0.2, 0) is 12.7 Å². The first-order valence-electron chi connectivity index (χ1n) is 9.05. The zero-order chi connectivity index (χ0) is 21.3. The zero-order valence-electron chi connectivity index (χ0n) is 15.5. The molecule has 4 aromatic rings. The van der Waals surface area contributed by atoms with Gasteiger partial charge in [-0.15, -0.1) is 0 Å². The molecule has 0 saturated heterocycles. The van der Waals surface area contributed by atoms with E-state index in [1.807, 2.05) is 54.6 Å². The van der Waals surface area contributed by atoms with Crippen molar-refractivity contribution < 1.29 is 13.2 Å². The molecule has 30 heavy (non-hydrogen) atoms. The van der Waals surface area contributed by atoms with Crippen LogP contribution in [0.4, 0.5) is 13.2 Å². The third kappa shape index (κ3) is 4.68. The molecular weight excluding hydrogens is 521 g/mol. The highest BCUT2D eigenvalue weighted by Crippen LogP contribution is 2.31. The van der Waals surface area contributed by atoms with Gasteiger partial charge in [0.25, 0.3) is 0 Å². The third-order valence-electron chi connectivity index (χ3n) is 4.65. The molecule has 0 saturated carbocycles. The van der Waals surface area contributed by atoms with Gasteiger partial charge in [0.15, 0.2) is 0 Å². The Balaban J connectivity index is 1.77. The van der Waals surface area contributed by atoms with Crippen LogP contribution in [0.15, 0.2) is 87.8 Å². The summed E-state index contributed by atoms with van der Waals surface area (Å²) in [6.45, 7) is 0.228. The average molecular weight is 536 g/mol. The molecule has 2 nitrogen and oxygen atoms in total. The van der Waals surface area contributed by atoms with Crippen LogP contribution in [0.1, 0.15) is 11.1 Å². The number of aromatic nitrogens is 2. The summed E-state index contributed by atoms with van der Waals surface area (Å²) in [5.41, 5.74) is 3.32. The Hall–Kier alpha value is -2.38. The van der Waals surface area contributed by atoms with Gasteiger partial charge in [0, 0.05) is 14.5 Å². The lowest BCUT2D eigenvalue weighted by Gasteiger charge is -2.11. The van der Waals surface area contributed by atoms with Crippen LogP contribution in [0.25, 0.3) is 22.5 Å². The molecule has 0 aliphatic carbocycles. The molecule has 0 unspecified atom stereocenters. The van der Waals surface area contributed by atoms with Gasteiger partial charge < -0.3 is 0 Å². The van der Waals surface area contributed by atoms with Crippen molar-refractivity contribution >= 4 is 31.9 Å². The fourth-order valence-corrected chi connectivity index (χ4v) is 3.70. The molecule has 0 radical (unpaired) electrons. The Morgan fingerprint density at radius 3 is 1.97 bits per heavy atom. The van der Waals surface area contributed by atoms with Gasteiger partial charge >= 0.3 is 6.18 Å². The Morgan fingerprint density at radius 1 is 0.767 bits per heavy atom. The summed E-state index contributed by atoms with van der Waals surface area (Å²) in [4.78, 5) is 0. The predicted octanol–water partition coefficient (Wildman–Crippen LogP) is 7.81. The highest BCUT2D eigenvalue weighted by Gasteiger charge is 2.30. The van der Waals surface area contributed by atoms with Crippen molar-refractivity contribution in [3.63, 3.8) is 0 Å². The van der Waals surface area contributed by atoms with Gasteiger partial charge in [-0.05, 0) is 53.6 Å². The second-order valence-corrected chi connectivity index (χ2v) is 8.62. The second kappa shape index (κ2) is 8.40. The van der Waals surface area contributed by atoms with Gasteiger partial charge in [0.05, 0.1) is 23.5 Å². The quantitative estimate of drug-likeness (QED) is 0.260. The van der Waals surface area contributed by atoms with Gasteiger partial charge in [-0.3, -0.25) is 4.68 Å². The highest BCUT2D eigenvalue weighted by molar-refractivity contribution is 9.10. The maximum absolute atomic E-state index is 13.1. The molecule has 0 N–H and O–H groups in total. The molecule has 0 bridgehead atoms. The van der Waals surface area contributed by atoms with Crippen molar-refractivity contribution in [2.75, 3.05) is 0 Å². The van der Waals surface area contributed by atoms with Crippen molar-refractivity contribution in [2.45, 2.75) is 12.7 Å². The minimum atomic E-state index is -4.38. The predicted molar refractivity (Wildman–Crippen MR) is 119 cm³/mol. The van der Waals surface area contributed by atoms with E-state index in [0.29, 0.717) is 5.56 Å². The smallest absolute Gasteiger partial charge is 0.260 e. The molecular formula is C23H15Br2F3N2. The van der Waals surface area contributed by atoms with Gasteiger partial charge in [-0.1, -0.05) is 68.3 Å². The molecule has 4 rings (SSSR count). The lowest BCUT2D eigenvalue weighted by atomic mass is 10.1. The minimum absolute atomic E-state index is 0.228. The summed E-state index contributed by atoms with van der Waals surface area (Å²) in [6, 6.07) is 22.8. The number of hydrogen-bond donors (Lipinski definition) is 0. The van der Waals surface area contributed by atoms with E-state index in [1.54, 1.807) is 10.7 Å². The summed E-state index contributed by atoms with van der Waals surface area (Å²) in [7, 11) is 0. The van der Waals surface area contributed by atoms with Crippen molar-refractivity contribution in [2.24, 2.45) is 0 Å². The van der Waals surface area contributed by atoms with E-state index in [9.17, 15) is 13.2 Å². The lowest BCUT2D eigenvalue weighted by molar-refractivity contribution is -0.137. The second-order valence-electron chi connectivity index (χ2n) is 6.78. The van der Waals surface area contributed by atoms with E-state index in [1.165, 1.54) is 12.1 Å². The molecule has 7 heteroatoms. The third-order valence-corrected chi connectivity index (χ3v) is 5.70. The summed E-state index contributed by atoms with van der Waals surface area (Å²) < 4.78 is 43.0. The minimum Gasteiger partial charge on any atom is -0.260 e. The number of nitrogens with zero attached hydrogens (tertiary/aromatic N) is 2. The summed E-state index contributed by atoms with van der Waals surface area (Å²) in [5, 5.41) is 4.70. The van der Waals surface area contributed by atoms with Crippen LogP contribution in [0.2, 0.25) is 0 Å². The first-order chi connectivity index (χ1) is 14.3. The van der Waals surface area contributed by atoms with Crippen LogP contribution in [0, 0.1) is 0 Å². The highest BCUT2D eigenvalue weighted by atomic mass is 79.9. The Bertz CT molecular complexity index is 1160. The van der Waals surface area contributed by atoms with Gasteiger partial charge in [0.1, 0.15) is 0 Å². The van der Waals surface area contributed by atoms with Crippen molar-refractivity contribution in [1.29, 1.82) is 0 Å². The molecule has 0 amide bonds. The van der Waals surface area contributed by atoms with Crippen LogP contribution in [0.5, 0.6) is 0 Å². The monoisotopic (exact) mass is 534 g/mol. The topological polar surface area (TPSA) is 17.8 Å².